The van der Waals surface area contributed by atoms with Crippen LogP contribution in [-0.2, 0) is 12.8 Å². The molecule has 7 nitrogen and oxygen atoms in total. The number of nitrogens with one attached hydrogen (secondary N) is 2. The third-order valence-corrected chi connectivity index (χ3v) is 2.95. The van der Waals surface area contributed by atoms with E-state index in [1.807, 2.05) is 14.0 Å². The molecule has 7 heteroatoms. The van der Waals surface area contributed by atoms with Crippen molar-refractivity contribution < 1.29 is 4.52 Å². The van der Waals surface area contributed by atoms with Crippen LogP contribution in [0.25, 0.3) is 0 Å². The molecule has 2 rings (SSSR count). The topological polar surface area (TPSA) is 88.8 Å². The zero-order valence-electron chi connectivity index (χ0n) is 12.1. The lowest BCUT2D eigenvalue weighted by molar-refractivity contribution is 0.410. The fourth-order valence-corrected chi connectivity index (χ4v) is 1.91. The van der Waals surface area contributed by atoms with Gasteiger partial charge in [0.2, 0.25) is 6.39 Å². The molecule has 0 radical (unpaired) electrons. The molecular formula is C13H20N6O. The van der Waals surface area contributed by atoms with Crippen LogP contribution >= 0.6 is 0 Å². The quantitative estimate of drug-likeness (QED) is 0.797. The zero-order chi connectivity index (χ0) is 14.4. The van der Waals surface area contributed by atoms with Crippen LogP contribution in [0.3, 0.4) is 0 Å². The van der Waals surface area contributed by atoms with Gasteiger partial charge in [-0.3, -0.25) is 0 Å². The molecule has 2 aromatic rings. The maximum Gasteiger partial charge on any atom is 0.213 e. The summed E-state index contributed by atoms with van der Waals surface area (Å²) in [6.45, 7) is 4.82. The highest BCUT2D eigenvalue weighted by atomic mass is 16.5. The summed E-state index contributed by atoms with van der Waals surface area (Å²) in [6, 6.07) is 0. The van der Waals surface area contributed by atoms with E-state index in [1.54, 1.807) is 0 Å². The minimum atomic E-state index is 0.687. The molecule has 0 aromatic carbocycles. The third-order valence-electron chi connectivity index (χ3n) is 2.95. The van der Waals surface area contributed by atoms with Crippen LogP contribution in [0.15, 0.2) is 10.9 Å². The van der Waals surface area contributed by atoms with E-state index in [0.29, 0.717) is 18.8 Å². The Balaban J connectivity index is 2.06. The predicted molar refractivity (Wildman–Crippen MR) is 76.8 cm³/mol. The average Bonchev–Trinajstić information content (AvgIpc) is 2.95. The number of hydrogen-bond donors (Lipinski definition) is 2. The Morgan fingerprint density at radius 3 is 2.60 bits per heavy atom. The molecular weight excluding hydrogens is 256 g/mol. The number of anilines is 2. The summed E-state index contributed by atoms with van der Waals surface area (Å²) in [6.07, 6.45) is 3.92. The first-order valence-corrected chi connectivity index (χ1v) is 6.79. The Kier molecular flexibility index (Phi) is 4.86. The fourth-order valence-electron chi connectivity index (χ4n) is 1.91. The van der Waals surface area contributed by atoms with Crippen molar-refractivity contribution in [2.75, 3.05) is 24.2 Å². The molecule has 0 aliphatic rings. The second kappa shape index (κ2) is 6.83. The summed E-state index contributed by atoms with van der Waals surface area (Å²) in [5.41, 5.74) is 1.01. The molecule has 0 aliphatic heterocycles. The van der Waals surface area contributed by atoms with Crippen LogP contribution < -0.4 is 10.6 Å². The Labute approximate surface area is 118 Å². The fraction of sp³-hybridized carbons (Fsp3) is 0.538. The van der Waals surface area contributed by atoms with Crippen molar-refractivity contribution in [2.24, 2.45) is 0 Å². The van der Waals surface area contributed by atoms with E-state index in [0.717, 1.165) is 35.9 Å². The minimum absolute atomic E-state index is 0.687. The van der Waals surface area contributed by atoms with Crippen molar-refractivity contribution in [2.45, 2.75) is 33.1 Å². The van der Waals surface area contributed by atoms with Gasteiger partial charge in [-0.15, -0.1) is 0 Å². The normalized spacial score (nSPS) is 10.6. The van der Waals surface area contributed by atoms with Gasteiger partial charge in [0.1, 0.15) is 17.5 Å². The lowest BCUT2D eigenvalue weighted by Gasteiger charge is -2.13. The standard InChI is InChI=1S/C13H20N6O/c1-4-5-11-17-12(14-3)9(2)13(18-11)15-7-6-10-16-8-20-19-10/h8H,4-7H2,1-3H3,(H2,14,15,17,18). The number of nitrogens with zero attached hydrogens (tertiary/aromatic N) is 4. The van der Waals surface area contributed by atoms with Gasteiger partial charge in [0.05, 0.1) is 0 Å². The van der Waals surface area contributed by atoms with Crippen LogP contribution in [0.1, 0.15) is 30.6 Å². The molecule has 0 aliphatic carbocycles. The van der Waals surface area contributed by atoms with Crippen LogP contribution in [0.2, 0.25) is 0 Å². The number of aromatic nitrogens is 4. The van der Waals surface area contributed by atoms with Crippen LogP contribution in [0.4, 0.5) is 11.6 Å². The largest absolute Gasteiger partial charge is 0.373 e. The molecule has 20 heavy (non-hydrogen) atoms. The Morgan fingerprint density at radius 1 is 1.15 bits per heavy atom. The second-order valence-electron chi connectivity index (χ2n) is 4.49. The smallest absolute Gasteiger partial charge is 0.213 e. The molecule has 0 atom stereocenters. The van der Waals surface area contributed by atoms with Gasteiger partial charge in [-0.2, -0.15) is 4.98 Å². The van der Waals surface area contributed by atoms with Gasteiger partial charge in [-0.25, -0.2) is 9.97 Å². The highest BCUT2D eigenvalue weighted by Crippen LogP contribution is 2.20. The van der Waals surface area contributed by atoms with Gasteiger partial charge in [0.15, 0.2) is 5.82 Å². The molecule has 2 aromatic heterocycles. The number of aryl methyl sites for hydroxylation is 1. The maximum atomic E-state index is 4.70. The lowest BCUT2D eigenvalue weighted by atomic mass is 10.2. The molecule has 108 valence electrons. The Morgan fingerprint density at radius 2 is 1.95 bits per heavy atom. The molecule has 2 heterocycles. The van der Waals surface area contributed by atoms with E-state index in [1.165, 1.54) is 6.39 Å². The van der Waals surface area contributed by atoms with Crippen molar-refractivity contribution in [3.63, 3.8) is 0 Å². The van der Waals surface area contributed by atoms with E-state index < -0.39 is 0 Å². The number of rotatable bonds is 7. The summed E-state index contributed by atoms with van der Waals surface area (Å²) in [7, 11) is 1.87. The van der Waals surface area contributed by atoms with Gasteiger partial charge in [0.25, 0.3) is 0 Å². The zero-order valence-corrected chi connectivity index (χ0v) is 12.1. The summed E-state index contributed by atoms with van der Waals surface area (Å²) in [4.78, 5) is 13.0. The summed E-state index contributed by atoms with van der Waals surface area (Å²) in [5, 5.41) is 10.2. The van der Waals surface area contributed by atoms with Gasteiger partial charge in [-0.1, -0.05) is 12.1 Å². The van der Waals surface area contributed by atoms with Gasteiger partial charge >= 0.3 is 0 Å². The van der Waals surface area contributed by atoms with Gasteiger partial charge < -0.3 is 15.2 Å². The maximum absolute atomic E-state index is 4.70. The molecule has 0 saturated heterocycles. The number of hydrogen-bond acceptors (Lipinski definition) is 7. The summed E-state index contributed by atoms with van der Waals surface area (Å²) in [5.74, 6) is 3.26. The first-order chi connectivity index (χ1) is 9.74. The first kappa shape index (κ1) is 14.2. The molecule has 0 spiro atoms. The minimum Gasteiger partial charge on any atom is -0.373 e. The van der Waals surface area contributed by atoms with Crippen molar-refractivity contribution in [1.82, 2.24) is 20.1 Å². The van der Waals surface area contributed by atoms with Crippen LogP contribution in [0.5, 0.6) is 0 Å². The van der Waals surface area contributed by atoms with Crippen molar-refractivity contribution in [1.29, 1.82) is 0 Å². The third kappa shape index (κ3) is 3.43. The Hall–Kier alpha value is -2.18. The average molecular weight is 276 g/mol. The van der Waals surface area contributed by atoms with Crippen molar-refractivity contribution >= 4 is 11.6 Å². The molecule has 0 amide bonds. The van der Waals surface area contributed by atoms with Crippen LogP contribution in [0, 0.1) is 6.92 Å². The van der Waals surface area contributed by atoms with E-state index in [9.17, 15) is 0 Å². The highest BCUT2D eigenvalue weighted by Gasteiger charge is 2.09. The molecule has 0 saturated carbocycles. The molecule has 0 bridgehead atoms. The van der Waals surface area contributed by atoms with Gasteiger partial charge in [0, 0.05) is 32.0 Å². The molecule has 2 N–H and O–H groups in total. The van der Waals surface area contributed by atoms with Crippen molar-refractivity contribution in [3.05, 3.63) is 23.6 Å². The van der Waals surface area contributed by atoms with Gasteiger partial charge in [-0.05, 0) is 13.3 Å². The SMILES string of the molecule is CCCc1nc(NC)c(C)c(NCCc2ncon2)n1. The lowest BCUT2D eigenvalue weighted by Crippen LogP contribution is -2.12. The Bertz CT molecular complexity index is 540. The summed E-state index contributed by atoms with van der Waals surface area (Å²) < 4.78 is 4.70. The molecule has 0 fully saturated rings. The summed E-state index contributed by atoms with van der Waals surface area (Å²) >= 11 is 0. The van der Waals surface area contributed by atoms with E-state index >= 15 is 0 Å². The monoisotopic (exact) mass is 276 g/mol. The highest BCUT2D eigenvalue weighted by molar-refractivity contribution is 5.57. The first-order valence-electron chi connectivity index (χ1n) is 6.79. The van der Waals surface area contributed by atoms with Crippen LogP contribution in [-0.4, -0.2) is 33.7 Å². The van der Waals surface area contributed by atoms with E-state index in [4.69, 9.17) is 4.52 Å². The second-order valence-corrected chi connectivity index (χ2v) is 4.49. The van der Waals surface area contributed by atoms with Crippen molar-refractivity contribution in [3.8, 4) is 0 Å². The predicted octanol–water partition coefficient (Wildman–Crippen LogP) is 1.82. The molecule has 0 unspecified atom stereocenters. The van der Waals surface area contributed by atoms with E-state index in [2.05, 4.69) is 37.7 Å². The van der Waals surface area contributed by atoms with E-state index in [-0.39, 0.29) is 0 Å².